The van der Waals surface area contributed by atoms with E-state index in [-0.39, 0.29) is 18.3 Å². The van der Waals surface area contributed by atoms with Crippen molar-refractivity contribution in [3.63, 3.8) is 0 Å². The molecule has 0 unspecified atom stereocenters. The number of anilines is 1. The maximum absolute atomic E-state index is 11.9. The van der Waals surface area contributed by atoms with E-state index in [1.54, 1.807) is 25.1 Å². The summed E-state index contributed by atoms with van der Waals surface area (Å²) < 4.78 is 4.90. The molecule has 0 saturated heterocycles. The first-order valence-electron chi connectivity index (χ1n) is 6.05. The molecular formula is C15H14N2O3. The Morgan fingerprint density at radius 2 is 2.20 bits per heavy atom. The van der Waals surface area contributed by atoms with Gasteiger partial charge in [0.1, 0.15) is 6.61 Å². The molecule has 1 heterocycles. The lowest BCUT2D eigenvalue weighted by Gasteiger charge is -2.06. The van der Waals surface area contributed by atoms with Gasteiger partial charge in [0.05, 0.1) is 5.69 Å². The molecule has 0 fully saturated rings. The monoisotopic (exact) mass is 270 g/mol. The SMILES string of the molecule is Cc1cc(C(=O)Nc2ccc(C#CCO)cc2C)on1. The van der Waals surface area contributed by atoms with Crippen LogP contribution in [0.5, 0.6) is 0 Å². The van der Waals surface area contributed by atoms with Crippen LogP contribution in [-0.2, 0) is 0 Å². The van der Waals surface area contributed by atoms with Crippen molar-refractivity contribution in [3.8, 4) is 11.8 Å². The number of carbonyl (C=O) groups excluding carboxylic acids is 1. The summed E-state index contributed by atoms with van der Waals surface area (Å²) in [6, 6.07) is 6.95. The molecule has 5 heteroatoms. The maximum Gasteiger partial charge on any atom is 0.294 e. The lowest BCUT2D eigenvalue weighted by Crippen LogP contribution is -2.11. The van der Waals surface area contributed by atoms with Gasteiger partial charge in [-0.05, 0) is 37.6 Å². The minimum absolute atomic E-state index is 0.172. The summed E-state index contributed by atoms with van der Waals surface area (Å²) in [5, 5.41) is 15.1. The first-order chi connectivity index (χ1) is 9.60. The number of benzene rings is 1. The highest BCUT2D eigenvalue weighted by molar-refractivity contribution is 6.02. The van der Waals surface area contributed by atoms with Crippen molar-refractivity contribution in [2.45, 2.75) is 13.8 Å². The third-order valence-corrected chi connectivity index (χ3v) is 2.64. The molecule has 1 aromatic carbocycles. The van der Waals surface area contributed by atoms with Gasteiger partial charge in [-0.15, -0.1) is 0 Å². The van der Waals surface area contributed by atoms with Gasteiger partial charge in [0.25, 0.3) is 5.91 Å². The number of amides is 1. The van der Waals surface area contributed by atoms with Gasteiger partial charge in [-0.2, -0.15) is 0 Å². The van der Waals surface area contributed by atoms with Crippen molar-refractivity contribution >= 4 is 11.6 Å². The lowest BCUT2D eigenvalue weighted by molar-refractivity contribution is 0.0988. The summed E-state index contributed by atoms with van der Waals surface area (Å²) in [6.07, 6.45) is 0. The van der Waals surface area contributed by atoms with E-state index >= 15 is 0 Å². The third kappa shape index (κ3) is 3.25. The Hall–Kier alpha value is -2.58. The van der Waals surface area contributed by atoms with Crippen LogP contribution in [0.25, 0.3) is 0 Å². The molecule has 0 radical (unpaired) electrons. The summed E-state index contributed by atoms with van der Waals surface area (Å²) >= 11 is 0. The molecule has 2 aromatic rings. The minimum atomic E-state index is -0.345. The van der Waals surface area contributed by atoms with Crippen molar-refractivity contribution in [3.05, 3.63) is 46.8 Å². The number of aliphatic hydroxyl groups excluding tert-OH is 1. The third-order valence-electron chi connectivity index (χ3n) is 2.64. The van der Waals surface area contributed by atoms with Crippen LogP contribution in [0.4, 0.5) is 5.69 Å². The number of carbonyl (C=O) groups is 1. The molecule has 5 nitrogen and oxygen atoms in total. The lowest BCUT2D eigenvalue weighted by atomic mass is 10.1. The van der Waals surface area contributed by atoms with Gasteiger partial charge in [-0.1, -0.05) is 17.0 Å². The molecular weight excluding hydrogens is 256 g/mol. The predicted molar refractivity (Wildman–Crippen MR) is 74.3 cm³/mol. The molecule has 1 aromatic heterocycles. The van der Waals surface area contributed by atoms with E-state index in [1.807, 2.05) is 13.0 Å². The summed E-state index contributed by atoms with van der Waals surface area (Å²) in [5.74, 6) is 5.21. The summed E-state index contributed by atoms with van der Waals surface area (Å²) in [6.45, 7) is 3.44. The number of rotatable bonds is 2. The average molecular weight is 270 g/mol. The van der Waals surface area contributed by atoms with Crippen LogP contribution in [0.1, 0.15) is 27.4 Å². The number of hydrogen-bond donors (Lipinski definition) is 2. The molecule has 0 aliphatic heterocycles. The zero-order valence-electron chi connectivity index (χ0n) is 11.2. The Labute approximate surface area is 116 Å². The summed E-state index contributed by atoms with van der Waals surface area (Å²) in [4.78, 5) is 11.9. The number of aliphatic hydroxyl groups is 1. The van der Waals surface area contributed by atoms with Crippen LogP contribution in [0.2, 0.25) is 0 Å². The first kappa shape index (κ1) is 13.8. The van der Waals surface area contributed by atoms with E-state index < -0.39 is 0 Å². The molecule has 20 heavy (non-hydrogen) atoms. The zero-order valence-corrected chi connectivity index (χ0v) is 11.2. The van der Waals surface area contributed by atoms with Gasteiger partial charge in [0.2, 0.25) is 5.76 Å². The average Bonchev–Trinajstić information content (AvgIpc) is 2.86. The van der Waals surface area contributed by atoms with Crippen LogP contribution in [0.15, 0.2) is 28.8 Å². The molecule has 102 valence electrons. The smallest absolute Gasteiger partial charge is 0.294 e. The second-order valence-electron chi connectivity index (χ2n) is 4.28. The van der Waals surface area contributed by atoms with E-state index in [2.05, 4.69) is 22.3 Å². The molecule has 0 aliphatic carbocycles. The number of aryl methyl sites for hydroxylation is 2. The topological polar surface area (TPSA) is 75.4 Å². The number of aromatic nitrogens is 1. The van der Waals surface area contributed by atoms with Gasteiger partial charge < -0.3 is 14.9 Å². The van der Waals surface area contributed by atoms with E-state index in [4.69, 9.17) is 9.63 Å². The van der Waals surface area contributed by atoms with Gasteiger partial charge in [0.15, 0.2) is 0 Å². The van der Waals surface area contributed by atoms with Crippen LogP contribution in [0, 0.1) is 25.7 Å². The van der Waals surface area contributed by atoms with Crippen molar-refractivity contribution in [2.24, 2.45) is 0 Å². The second kappa shape index (κ2) is 6.04. The largest absolute Gasteiger partial charge is 0.384 e. The Morgan fingerprint density at radius 3 is 2.80 bits per heavy atom. The van der Waals surface area contributed by atoms with Gasteiger partial charge in [0, 0.05) is 17.3 Å². The van der Waals surface area contributed by atoms with E-state index in [0.717, 1.165) is 11.1 Å². The molecule has 0 aliphatic rings. The Morgan fingerprint density at radius 1 is 1.40 bits per heavy atom. The quantitative estimate of drug-likeness (QED) is 0.817. The van der Waals surface area contributed by atoms with Gasteiger partial charge in [-0.25, -0.2) is 0 Å². The molecule has 0 bridgehead atoms. The second-order valence-corrected chi connectivity index (χ2v) is 4.28. The molecule has 2 rings (SSSR count). The highest BCUT2D eigenvalue weighted by Gasteiger charge is 2.12. The van der Waals surface area contributed by atoms with Crippen LogP contribution in [0.3, 0.4) is 0 Å². The minimum Gasteiger partial charge on any atom is -0.384 e. The molecule has 2 N–H and O–H groups in total. The van der Waals surface area contributed by atoms with Crippen molar-refractivity contribution < 1.29 is 14.4 Å². The molecule has 0 spiro atoms. The zero-order chi connectivity index (χ0) is 14.5. The maximum atomic E-state index is 11.9. The van der Waals surface area contributed by atoms with Crippen molar-refractivity contribution in [1.29, 1.82) is 0 Å². The Kier molecular flexibility index (Phi) is 4.18. The van der Waals surface area contributed by atoms with E-state index in [1.165, 1.54) is 0 Å². The van der Waals surface area contributed by atoms with Gasteiger partial charge in [-0.3, -0.25) is 4.79 Å². The fourth-order valence-electron chi connectivity index (χ4n) is 1.68. The number of nitrogens with one attached hydrogen (secondary N) is 1. The van der Waals surface area contributed by atoms with E-state index in [9.17, 15) is 4.79 Å². The summed E-state index contributed by atoms with van der Waals surface area (Å²) in [7, 11) is 0. The standard InChI is InChI=1S/C15H14N2O3/c1-10-8-12(4-3-7-18)5-6-13(10)16-15(19)14-9-11(2)17-20-14/h5-6,8-9,18H,7H2,1-2H3,(H,16,19). The van der Waals surface area contributed by atoms with Gasteiger partial charge >= 0.3 is 0 Å². The number of hydrogen-bond acceptors (Lipinski definition) is 4. The highest BCUT2D eigenvalue weighted by Crippen LogP contribution is 2.17. The van der Waals surface area contributed by atoms with Crippen LogP contribution in [-0.4, -0.2) is 22.8 Å². The normalized spacial score (nSPS) is 9.75. The first-order valence-corrected chi connectivity index (χ1v) is 6.05. The fraction of sp³-hybridized carbons (Fsp3) is 0.200. The van der Waals surface area contributed by atoms with E-state index in [0.29, 0.717) is 11.4 Å². The fourth-order valence-corrected chi connectivity index (χ4v) is 1.68. The van der Waals surface area contributed by atoms with Crippen molar-refractivity contribution in [1.82, 2.24) is 5.16 Å². The number of nitrogens with zero attached hydrogens (tertiary/aromatic N) is 1. The predicted octanol–water partition coefficient (Wildman–Crippen LogP) is 1.89. The van der Waals surface area contributed by atoms with Crippen LogP contribution >= 0.6 is 0 Å². The van der Waals surface area contributed by atoms with Crippen LogP contribution < -0.4 is 5.32 Å². The Bertz CT molecular complexity index is 693. The Balaban J connectivity index is 2.16. The summed E-state index contributed by atoms with van der Waals surface area (Å²) in [5.41, 5.74) is 2.99. The van der Waals surface area contributed by atoms with Crippen molar-refractivity contribution in [2.75, 3.05) is 11.9 Å². The highest BCUT2D eigenvalue weighted by atomic mass is 16.5. The molecule has 1 amide bonds. The molecule has 0 saturated carbocycles. The molecule has 0 atom stereocenters.